The fourth-order valence-corrected chi connectivity index (χ4v) is 3.28. The van der Waals surface area contributed by atoms with Gasteiger partial charge in [0.15, 0.2) is 0 Å². The van der Waals surface area contributed by atoms with Crippen molar-refractivity contribution in [2.45, 2.75) is 51.6 Å². The van der Waals surface area contributed by atoms with E-state index in [1.807, 2.05) is 0 Å². The molecule has 4 nitrogen and oxygen atoms in total. The summed E-state index contributed by atoms with van der Waals surface area (Å²) in [7, 11) is 0. The first-order valence-corrected chi connectivity index (χ1v) is 6.96. The quantitative estimate of drug-likeness (QED) is 0.876. The van der Waals surface area contributed by atoms with Crippen molar-refractivity contribution in [3.63, 3.8) is 0 Å². The monoisotopic (exact) mass is 266 g/mol. The van der Waals surface area contributed by atoms with Crippen molar-refractivity contribution in [3.8, 4) is 0 Å². The zero-order valence-corrected chi connectivity index (χ0v) is 11.6. The lowest BCUT2D eigenvalue weighted by molar-refractivity contribution is -0.0424. The molecule has 0 aliphatic heterocycles. The number of hydrogen-bond acceptors (Lipinski definition) is 3. The van der Waals surface area contributed by atoms with E-state index < -0.39 is 11.6 Å². The van der Waals surface area contributed by atoms with Gasteiger partial charge in [0, 0.05) is 0 Å². The number of aromatic carboxylic acids is 1. The molecule has 1 saturated carbocycles. The third kappa shape index (κ3) is 3.00. The molecule has 19 heavy (non-hydrogen) atoms. The normalized spacial score (nSPS) is 27.7. The highest BCUT2D eigenvalue weighted by Gasteiger charge is 2.41. The van der Waals surface area contributed by atoms with Crippen LogP contribution >= 0.6 is 0 Å². The molecule has 106 valence electrons. The lowest BCUT2D eigenvalue weighted by atomic mass is 9.73. The summed E-state index contributed by atoms with van der Waals surface area (Å²) >= 11 is 0. The van der Waals surface area contributed by atoms with Crippen molar-refractivity contribution in [2.24, 2.45) is 11.8 Å². The first-order chi connectivity index (χ1) is 8.92. The largest absolute Gasteiger partial charge is 0.478 e. The molecule has 1 aromatic heterocycles. The molecule has 2 N–H and O–H groups in total. The van der Waals surface area contributed by atoms with Crippen LogP contribution in [0.25, 0.3) is 0 Å². The molecule has 1 aliphatic carbocycles. The highest BCUT2D eigenvalue weighted by molar-refractivity contribution is 5.89. The number of rotatable bonds is 4. The summed E-state index contributed by atoms with van der Waals surface area (Å²) in [4.78, 5) is 11.2. The maximum Gasteiger partial charge on any atom is 0.339 e. The number of aliphatic hydroxyl groups is 1. The summed E-state index contributed by atoms with van der Waals surface area (Å²) in [6, 6.07) is 1.42. The Morgan fingerprint density at radius 3 is 2.95 bits per heavy atom. The van der Waals surface area contributed by atoms with Gasteiger partial charge in [0.1, 0.15) is 16.9 Å². The Morgan fingerprint density at radius 1 is 1.58 bits per heavy atom. The van der Waals surface area contributed by atoms with Gasteiger partial charge in [0.05, 0.1) is 6.26 Å². The van der Waals surface area contributed by atoms with Crippen LogP contribution in [-0.4, -0.2) is 16.2 Å². The van der Waals surface area contributed by atoms with Crippen LogP contribution in [0.5, 0.6) is 0 Å². The molecule has 1 aromatic rings. The van der Waals surface area contributed by atoms with Crippen LogP contribution in [0.2, 0.25) is 0 Å². The molecule has 2 atom stereocenters. The van der Waals surface area contributed by atoms with Gasteiger partial charge < -0.3 is 14.6 Å². The Labute approximate surface area is 113 Å². The molecule has 0 aromatic carbocycles. The molecule has 0 radical (unpaired) electrons. The Bertz CT molecular complexity index is 449. The van der Waals surface area contributed by atoms with Gasteiger partial charge in [-0.15, -0.1) is 0 Å². The predicted molar refractivity (Wildman–Crippen MR) is 71.0 cm³/mol. The highest BCUT2D eigenvalue weighted by Crippen LogP contribution is 2.43. The minimum Gasteiger partial charge on any atom is -0.478 e. The van der Waals surface area contributed by atoms with Crippen molar-refractivity contribution >= 4 is 5.97 Å². The van der Waals surface area contributed by atoms with Gasteiger partial charge >= 0.3 is 5.97 Å². The first-order valence-electron chi connectivity index (χ1n) is 6.96. The third-order valence-electron chi connectivity index (χ3n) is 3.95. The van der Waals surface area contributed by atoms with E-state index in [1.165, 1.54) is 12.3 Å². The molecule has 2 unspecified atom stereocenters. The molecule has 2 rings (SSSR count). The second-order valence-electron chi connectivity index (χ2n) is 6.09. The van der Waals surface area contributed by atoms with E-state index in [0.29, 0.717) is 24.7 Å². The first kappa shape index (κ1) is 14.1. The number of carbonyl (C=O) groups is 1. The average Bonchev–Trinajstić information content (AvgIpc) is 2.77. The highest BCUT2D eigenvalue weighted by atomic mass is 16.4. The van der Waals surface area contributed by atoms with Gasteiger partial charge in [-0.1, -0.05) is 20.3 Å². The molecular weight excluding hydrogens is 244 g/mol. The van der Waals surface area contributed by atoms with Crippen LogP contribution in [0.15, 0.2) is 16.7 Å². The second kappa shape index (κ2) is 5.37. The van der Waals surface area contributed by atoms with Gasteiger partial charge in [0.25, 0.3) is 0 Å². The fraction of sp³-hybridized carbons (Fsp3) is 0.667. The molecule has 1 aliphatic rings. The van der Waals surface area contributed by atoms with Gasteiger partial charge in [-0.05, 0) is 43.6 Å². The van der Waals surface area contributed by atoms with Crippen LogP contribution in [0.4, 0.5) is 0 Å². The summed E-state index contributed by atoms with van der Waals surface area (Å²) in [5.41, 5.74) is -1.03. The number of carboxylic acids is 1. The van der Waals surface area contributed by atoms with E-state index >= 15 is 0 Å². The Kier molecular flexibility index (Phi) is 3.99. The van der Waals surface area contributed by atoms with E-state index in [2.05, 4.69) is 13.8 Å². The number of hydrogen-bond donors (Lipinski definition) is 2. The minimum absolute atomic E-state index is 0.0905. The summed E-state index contributed by atoms with van der Waals surface area (Å²) < 4.78 is 5.29. The number of furan rings is 1. The van der Waals surface area contributed by atoms with E-state index in [9.17, 15) is 9.90 Å². The minimum atomic E-state index is -1.12. The zero-order valence-electron chi connectivity index (χ0n) is 11.6. The molecule has 0 bridgehead atoms. The van der Waals surface area contributed by atoms with Gasteiger partial charge in [-0.3, -0.25) is 0 Å². The van der Waals surface area contributed by atoms with Crippen LogP contribution in [-0.2, 0) is 5.60 Å². The van der Waals surface area contributed by atoms with Gasteiger partial charge in [0.2, 0.25) is 0 Å². The van der Waals surface area contributed by atoms with Gasteiger partial charge in [-0.25, -0.2) is 4.79 Å². The Balaban J connectivity index is 2.21. The zero-order chi connectivity index (χ0) is 14.0. The standard InChI is InChI=1S/C15H22O4/c1-10(2)8-11-4-3-6-15(18,9-11)13-12(14(16)17)5-7-19-13/h5,7,10-11,18H,3-4,6,8-9H2,1-2H3,(H,16,17). The second-order valence-corrected chi connectivity index (χ2v) is 6.09. The molecule has 1 fully saturated rings. The van der Waals surface area contributed by atoms with E-state index in [-0.39, 0.29) is 11.3 Å². The smallest absolute Gasteiger partial charge is 0.339 e. The Hall–Kier alpha value is -1.29. The summed E-state index contributed by atoms with van der Waals surface area (Å²) in [6.45, 7) is 4.34. The van der Waals surface area contributed by atoms with Crippen LogP contribution in [0.1, 0.15) is 62.1 Å². The topological polar surface area (TPSA) is 70.7 Å². The molecule has 4 heteroatoms. The fourth-order valence-electron chi connectivity index (χ4n) is 3.28. The van der Waals surface area contributed by atoms with Crippen molar-refractivity contribution in [2.75, 3.05) is 0 Å². The van der Waals surface area contributed by atoms with Crippen LogP contribution < -0.4 is 0 Å². The van der Waals surface area contributed by atoms with Crippen LogP contribution in [0, 0.1) is 11.8 Å². The molecule has 0 spiro atoms. The summed E-state index contributed by atoms with van der Waals surface area (Å²) in [6.07, 6.45) is 5.60. The van der Waals surface area contributed by atoms with E-state index in [1.54, 1.807) is 0 Å². The third-order valence-corrected chi connectivity index (χ3v) is 3.95. The molecular formula is C15H22O4. The SMILES string of the molecule is CC(C)CC1CCCC(O)(c2occc2C(=O)O)C1. The maximum atomic E-state index is 11.2. The molecule has 1 heterocycles. The Morgan fingerprint density at radius 2 is 2.32 bits per heavy atom. The average molecular weight is 266 g/mol. The number of carboxylic acid groups (broad SMARTS) is 1. The summed E-state index contributed by atoms with van der Waals surface area (Å²) in [5, 5.41) is 19.9. The van der Waals surface area contributed by atoms with Crippen molar-refractivity contribution < 1.29 is 19.4 Å². The van der Waals surface area contributed by atoms with E-state index in [0.717, 1.165) is 19.3 Å². The van der Waals surface area contributed by atoms with E-state index in [4.69, 9.17) is 9.52 Å². The molecule has 0 amide bonds. The lowest BCUT2D eigenvalue weighted by Gasteiger charge is -2.36. The molecule has 0 saturated heterocycles. The van der Waals surface area contributed by atoms with Gasteiger partial charge in [-0.2, -0.15) is 0 Å². The predicted octanol–water partition coefficient (Wildman–Crippen LogP) is 3.40. The lowest BCUT2D eigenvalue weighted by Crippen LogP contribution is -2.34. The van der Waals surface area contributed by atoms with Crippen molar-refractivity contribution in [1.29, 1.82) is 0 Å². The summed E-state index contributed by atoms with van der Waals surface area (Å²) in [5.74, 6) is 0.213. The van der Waals surface area contributed by atoms with Crippen molar-refractivity contribution in [1.82, 2.24) is 0 Å². The maximum absolute atomic E-state index is 11.2. The van der Waals surface area contributed by atoms with Crippen LogP contribution in [0.3, 0.4) is 0 Å². The van der Waals surface area contributed by atoms with Crippen molar-refractivity contribution in [3.05, 3.63) is 23.7 Å².